The zero-order valence-electron chi connectivity index (χ0n) is 11.8. The van der Waals surface area contributed by atoms with Crippen LogP contribution in [0.25, 0.3) is 0 Å². The summed E-state index contributed by atoms with van der Waals surface area (Å²) in [5, 5.41) is 0. The first kappa shape index (κ1) is 15.0. The maximum Gasteiger partial charge on any atom is 0.304 e. The van der Waals surface area contributed by atoms with Crippen LogP contribution in [0.1, 0.15) is 31.4 Å². The molecule has 5 nitrogen and oxygen atoms in total. The van der Waals surface area contributed by atoms with Gasteiger partial charge in [0.1, 0.15) is 0 Å². The minimum Gasteiger partial charge on any atom is -0.274 e. The predicted octanol–water partition coefficient (Wildman–Crippen LogP) is 1.45. The SMILES string of the molecule is CC[C@@H](C)C(=O)NS(=O)(=O)N1CCc2ccccc2C1. The summed E-state index contributed by atoms with van der Waals surface area (Å²) in [6, 6.07) is 7.78. The van der Waals surface area contributed by atoms with Crippen molar-refractivity contribution in [3.05, 3.63) is 35.4 Å². The number of rotatable bonds is 4. The van der Waals surface area contributed by atoms with Gasteiger partial charge in [-0.25, -0.2) is 4.72 Å². The quantitative estimate of drug-likeness (QED) is 0.914. The Labute approximate surface area is 120 Å². The number of carbonyl (C=O) groups excluding carboxylic acids is 1. The van der Waals surface area contributed by atoms with Crippen LogP contribution >= 0.6 is 0 Å². The molecule has 110 valence electrons. The highest BCUT2D eigenvalue weighted by atomic mass is 32.2. The van der Waals surface area contributed by atoms with Crippen molar-refractivity contribution in [1.82, 2.24) is 9.03 Å². The fourth-order valence-corrected chi connectivity index (χ4v) is 3.38. The highest BCUT2D eigenvalue weighted by molar-refractivity contribution is 7.87. The van der Waals surface area contributed by atoms with Crippen LogP contribution < -0.4 is 4.72 Å². The molecule has 0 unspecified atom stereocenters. The van der Waals surface area contributed by atoms with E-state index in [9.17, 15) is 13.2 Å². The number of carbonyl (C=O) groups is 1. The zero-order chi connectivity index (χ0) is 14.8. The molecule has 6 heteroatoms. The normalized spacial score (nSPS) is 17.3. The predicted molar refractivity (Wildman–Crippen MR) is 77.1 cm³/mol. The third kappa shape index (κ3) is 3.19. The third-order valence-corrected chi connectivity index (χ3v) is 5.18. The number of fused-ring (bicyclic) bond motifs is 1. The highest BCUT2D eigenvalue weighted by Gasteiger charge is 2.28. The van der Waals surface area contributed by atoms with Gasteiger partial charge in [0.15, 0.2) is 0 Å². The molecule has 1 amide bonds. The van der Waals surface area contributed by atoms with E-state index in [1.807, 2.05) is 31.2 Å². The van der Waals surface area contributed by atoms with Gasteiger partial charge in [-0.15, -0.1) is 0 Å². The van der Waals surface area contributed by atoms with Gasteiger partial charge in [-0.3, -0.25) is 4.79 Å². The van der Waals surface area contributed by atoms with Gasteiger partial charge in [-0.2, -0.15) is 12.7 Å². The van der Waals surface area contributed by atoms with E-state index in [2.05, 4.69) is 4.72 Å². The summed E-state index contributed by atoms with van der Waals surface area (Å²) in [6.07, 6.45) is 1.29. The molecule has 0 spiro atoms. The van der Waals surface area contributed by atoms with Crippen molar-refractivity contribution in [1.29, 1.82) is 0 Å². The van der Waals surface area contributed by atoms with E-state index in [1.165, 1.54) is 9.87 Å². The van der Waals surface area contributed by atoms with Crippen molar-refractivity contribution in [2.75, 3.05) is 6.54 Å². The fourth-order valence-electron chi connectivity index (χ4n) is 2.15. The van der Waals surface area contributed by atoms with Gasteiger partial charge in [0.05, 0.1) is 0 Å². The summed E-state index contributed by atoms with van der Waals surface area (Å²) in [7, 11) is -3.75. The number of amides is 1. The third-order valence-electron chi connectivity index (χ3n) is 3.73. The molecule has 2 rings (SSSR count). The monoisotopic (exact) mass is 296 g/mol. The molecular weight excluding hydrogens is 276 g/mol. The Morgan fingerprint density at radius 1 is 1.35 bits per heavy atom. The van der Waals surface area contributed by atoms with Gasteiger partial charge in [0, 0.05) is 19.0 Å². The summed E-state index contributed by atoms with van der Waals surface area (Å²) in [6.45, 7) is 4.30. The first-order chi connectivity index (χ1) is 9.44. The Hall–Kier alpha value is -1.40. The Kier molecular flexibility index (Phi) is 4.45. The summed E-state index contributed by atoms with van der Waals surface area (Å²) < 4.78 is 27.9. The van der Waals surface area contributed by atoms with E-state index < -0.39 is 16.1 Å². The molecule has 0 aromatic heterocycles. The Bertz CT molecular complexity index is 598. The van der Waals surface area contributed by atoms with E-state index in [4.69, 9.17) is 0 Å². The number of nitrogens with one attached hydrogen (secondary N) is 1. The van der Waals surface area contributed by atoms with Crippen LogP contribution in [0.4, 0.5) is 0 Å². The van der Waals surface area contributed by atoms with Crippen LogP contribution in [0.3, 0.4) is 0 Å². The lowest BCUT2D eigenvalue weighted by Crippen LogP contribution is -2.46. The molecule has 1 aromatic carbocycles. The summed E-state index contributed by atoms with van der Waals surface area (Å²) in [5.74, 6) is -0.742. The molecule has 0 fully saturated rings. The van der Waals surface area contributed by atoms with Gasteiger partial charge in [-0.05, 0) is 24.0 Å². The number of nitrogens with zero attached hydrogens (tertiary/aromatic N) is 1. The number of hydrogen-bond acceptors (Lipinski definition) is 3. The average Bonchev–Trinajstić information content (AvgIpc) is 2.45. The highest BCUT2D eigenvalue weighted by Crippen LogP contribution is 2.20. The second-order valence-electron chi connectivity index (χ2n) is 5.13. The van der Waals surface area contributed by atoms with E-state index in [0.717, 1.165) is 5.56 Å². The molecule has 20 heavy (non-hydrogen) atoms. The van der Waals surface area contributed by atoms with E-state index in [-0.39, 0.29) is 5.92 Å². The Morgan fingerprint density at radius 2 is 2.00 bits per heavy atom. The molecule has 1 aromatic rings. The van der Waals surface area contributed by atoms with E-state index in [1.54, 1.807) is 6.92 Å². The van der Waals surface area contributed by atoms with Crippen molar-refractivity contribution >= 4 is 16.1 Å². The first-order valence-electron chi connectivity index (χ1n) is 6.82. The van der Waals surface area contributed by atoms with Crippen molar-refractivity contribution in [2.24, 2.45) is 5.92 Å². The van der Waals surface area contributed by atoms with Gasteiger partial charge in [-0.1, -0.05) is 38.1 Å². The van der Waals surface area contributed by atoms with E-state index in [0.29, 0.717) is 25.9 Å². The van der Waals surface area contributed by atoms with Crippen LogP contribution in [0, 0.1) is 5.92 Å². The number of benzene rings is 1. The van der Waals surface area contributed by atoms with Crippen LogP contribution in [-0.4, -0.2) is 25.2 Å². The van der Waals surface area contributed by atoms with Crippen LogP contribution in [0.2, 0.25) is 0 Å². The molecule has 1 aliphatic rings. The lowest BCUT2D eigenvalue weighted by Gasteiger charge is -2.28. The molecule has 1 N–H and O–H groups in total. The van der Waals surface area contributed by atoms with Crippen molar-refractivity contribution in [3.8, 4) is 0 Å². The lowest BCUT2D eigenvalue weighted by atomic mass is 10.0. The summed E-state index contributed by atoms with van der Waals surface area (Å²) >= 11 is 0. The summed E-state index contributed by atoms with van der Waals surface area (Å²) in [4.78, 5) is 11.8. The molecule has 0 bridgehead atoms. The second kappa shape index (κ2) is 5.93. The second-order valence-corrected chi connectivity index (χ2v) is 6.80. The minimum absolute atomic E-state index is 0.304. The molecule has 0 saturated carbocycles. The van der Waals surface area contributed by atoms with Gasteiger partial charge in [0.25, 0.3) is 0 Å². The lowest BCUT2D eigenvalue weighted by molar-refractivity contribution is -0.122. The molecular formula is C14H20N2O3S. The first-order valence-corrected chi connectivity index (χ1v) is 8.26. The van der Waals surface area contributed by atoms with Crippen LogP contribution in [0.15, 0.2) is 24.3 Å². The minimum atomic E-state index is -3.75. The summed E-state index contributed by atoms with van der Waals surface area (Å²) in [5.41, 5.74) is 2.17. The van der Waals surface area contributed by atoms with E-state index >= 15 is 0 Å². The maximum absolute atomic E-state index is 12.2. The smallest absolute Gasteiger partial charge is 0.274 e. The fraction of sp³-hybridized carbons (Fsp3) is 0.500. The standard InChI is InChI=1S/C14H20N2O3S/c1-3-11(2)14(17)15-20(18,19)16-9-8-12-6-4-5-7-13(12)10-16/h4-7,11H,3,8-10H2,1-2H3,(H,15,17)/t11-/m1/s1. The Morgan fingerprint density at radius 3 is 2.65 bits per heavy atom. The topological polar surface area (TPSA) is 66.5 Å². The molecule has 1 heterocycles. The van der Waals surface area contributed by atoms with Gasteiger partial charge < -0.3 is 0 Å². The van der Waals surface area contributed by atoms with Gasteiger partial charge >= 0.3 is 10.2 Å². The van der Waals surface area contributed by atoms with Crippen molar-refractivity contribution in [2.45, 2.75) is 33.2 Å². The average molecular weight is 296 g/mol. The molecule has 1 atom stereocenters. The maximum atomic E-state index is 12.2. The molecule has 0 radical (unpaired) electrons. The zero-order valence-corrected chi connectivity index (χ0v) is 12.6. The number of hydrogen-bond donors (Lipinski definition) is 1. The largest absolute Gasteiger partial charge is 0.304 e. The Balaban J connectivity index is 2.11. The van der Waals surface area contributed by atoms with Crippen molar-refractivity contribution < 1.29 is 13.2 Å². The van der Waals surface area contributed by atoms with Gasteiger partial charge in [0.2, 0.25) is 5.91 Å². The molecule has 0 saturated heterocycles. The van der Waals surface area contributed by atoms with Crippen LogP contribution in [0.5, 0.6) is 0 Å². The van der Waals surface area contributed by atoms with Crippen molar-refractivity contribution in [3.63, 3.8) is 0 Å². The molecule has 0 aliphatic carbocycles. The van der Waals surface area contributed by atoms with Crippen LogP contribution in [-0.2, 0) is 28.0 Å². The molecule has 1 aliphatic heterocycles.